The van der Waals surface area contributed by atoms with Crippen LogP contribution in [-0.4, -0.2) is 36.1 Å². The predicted octanol–water partition coefficient (Wildman–Crippen LogP) is 6.33. The lowest BCUT2D eigenvalue weighted by atomic mass is 9.91. The van der Waals surface area contributed by atoms with E-state index in [1.807, 2.05) is 55.5 Å². The van der Waals surface area contributed by atoms with E-state index in [-0.39, 0.29) is 23.9 Å². The molecule has 0 N–H and O–H groups in total. The first kappa shape index (κ1) is 25.9. The summed E-state index contributed by atoms with van der Waals surface area (Å²) < 4.78 is 12.2. The van der Waals surface area contributed by atoms with Gasteiger partial charge in [-0.1, -0.05) is 78.9 Å². The first-order chi connectivity index (χ1) is 16.7. The third-order valence-corrected chi connectivity index (χ3v) is 6.42. The van der Waals surface area contributed by atoms with E-state index >= 15 is 0 Å². The highest BCUT2D eigenvalue weighted by Crippen LogP contribution is 2.28. The molecule has 0 aromatic heterocycles. The number of allylic oxidation sites excluding steroid dienone is 3. The van der Waals surface area contributed by atoms with Crippen LogP contribution in [0.25, 0.3) is 0 Å². The van der Waals surface area contributed by atoms with E-state index in [2.05, 4.69) is 41.8 Å². The van der Waals surface area contributed by atoms with Crippen LogP contribution in [0.15, 0.2) is 85.5 Å². The summed E-state index contributed by atoms with van der Waals surface area (Å²) in [6.07, 6.45) is 10.3. The van der Waals surface area contributed by atoms with Crippen molar-refractivity contribution in [1.29, 1.82) is 0 Å². The topological polar surface area (TPSA) is 38.8 Å². The summed E-state index contributed by atoms with van der Waals surface area (Å²) in [4.78, 5) is 15.9. The number of amides is 1. The number of carbonyl (C=O) groups excluding carboxylic acids is 1. The van der Waals surface area contributed by atoms with Gasteiger partial charge in [0.25, 0.3) is 0 Å². The maximum Gasteiger partial charge on any atom is 0.226 e. The van der Waals surface area contributed by atoms with E-state index < -0.39 is 0 Å². The van der Waals surface area contributed by atoms with E-state index in [0.29, 0.717) is 32.8 Å². The SMILES string of the molecule is C=CC[C@H](C/C=C/C)C(=O)N1[C@@H](COCc2ccccc2)CCC[C@@H]1COCc1ccccc1. The van der Waals surface area contributed by atoms with Crippen LogP contribution in [0.3, 0.4) is 0 Å². The first-order valence-corrected chi connectivity index (χ1v) is 12.5. The number of benzene rings is 2. The summed E-state index contributed by atoms with van der Waals surface area (Å²) in [7, 11) is 0. The molecule has 182 valence electrons. The molecule has 1 heterocycles. The number of likely N-dealkylation sites (tertiary alicyclic amines) is 1. The van der Waals surface area contributed by atoms with Crippen LogP contribution in [0.5, 0.6) is 0 Å². The Bertz CT molecular complexity index is 827. The Kier molecular flexibility index (Phi) is 11.1. The maximum atomic E-state index is 13.8. The normalized spacial score (nSPS) is 19.3. The van der Waals surface area contributed by atoms with Crippen molar-refractivity contribution >= 4 is 5.91 Å². The van der Waals surface area contributed by atoms with Gasteiger partial charge >= 0.3 is 0 Å². The Morgan fingerprint density at radius 2 is 1.47 bits per heavy atom. The molecule has 0 radical (unpaired) electrons. The molecule has 1 amide bonds. The zero-order chi connectivity index (χ0) is 24.0. The monoisotopic (exact) mass is 461 g/mol. The second-order valence-electron chi connectivity index (χ2n) is 9.01. The zero-order valence-corrected chi connectivity index (χ0v) is 20.5. The molecule has 0 aliphatic carbocycles. The number of carbonyl (C=O) groups is 1. The number of hydrogen-bond acceptors (Lipinski definition) is 3. The van der Waals surface area contributed by atoms with Crippen molar-refractivity contribution in [2.24, 2.45) is 5.92 Å². The molecule has 2 aromatic carbocycles. The molecule has 0 bridgehead atoms. The van der Waals surface area contributed by atoms with Gasteiger partial charge in [-0.3, -0.25) is 4.79 Å². The smallest absolute Gasteiger partial charge is 0.226 e. The average molecular weight is 462 g/mol. The van der Waals surface area contributed by atoms with Crippen LogP contribution in [0.1, 0.15) is 50.2 Å². The third-order valence-electron chi connectivity index (χ3n) is 6.42. The van der Waals surface area contributed by atoms with Crippen LogP contribution in [-0.2, 0) is 27.5 Å². The molecular formula is C30H39NO3. The van der Waals surface area contributed by atoms with Crippen molar-refractivity contribution in [3.8, 4) is 0 Å². The highest BCUT2D eigenvalue weighted by molar-refractivity contribution is 5.80. The Balaban J connectivity index is 1.69. The molecular weight excluding hydrogens is 422 g/mol. The largest absolute Gasteiger partial charge is 0.375 e. The molecule has 2 aromatic rings. The average Bonchev–Trinajstić information content (AvgIpc) is 2.87. The predicted molar refractivity (Wildman–Crippen MR) is 138 cm³/mol. The van der Waals surface area contributed by atoms with Crippen LogP contribution >= 0.6 is 0 Å². The number of rotatable bonds is 13. The summed E-state index contributed by atoms with van der Waals surface area (Å²) in [6.45, 7) is 8.09. The van der Waals surface area contributed by atoms with Crippen molar-refractivity contribution in [2.75, 3.05) is 13.2 Å². The van der Waals surface area contributed by atoms with Gasteiger partial charge in [-0.25, -0.2) is 0 Å². The lowest BCUT2D eigenvalue weighted by Crippen LogP contribution is -2.55. The molecule has 3 rings (SSSR count). The molecule has 4 nitrogen and oxygen atoms in total. The van der Waals surface area contributed by atoms with Crippen LogP contribution < -0.4 is 0 Å². The van der Waals surface area contributed by atoms with Gasteiger partial charge in [-0.05, 0) is 50.2 Å². The zero-order valence-electron chi connectivity index (χ0n) is 20.5. The van der Waals surface area contributed by atoms with E-state index in [9.17, 15) is 4.79 Å². The third kappa shape index (κ3) is 7.96. The van der Waals surface area contributed by atoms with Gasteiger partial charge in [0, 0.05) is 5.92 Å². The van der Waals surface area contributed by atoms with Crippen molar-refractivity contribution < 1.29 is 14.3 Å². The van der Waals surface area contributed by atoms with Gasteiger partial charge in [0.05, 0.1) is 38.5 Å². The number of nitrogens with zero attached hydrogens (tertiary/aromatic N) is 1. The van der Waals surface area contributed by atoms with E-state index in [4.69, 9.17) is 9.47 Å². The molecule has 0 saturated carbocycles. The lowest BCUT2D eigenvalue weighted by molar-refractivity contribution is -0.147. The summed E-state index contributed by atoms with van der Waals surface area (Å²) >= 11 is 0. The molecule has 34 heavy (non-hydrogen) atoms. The van der Waals surface area contributed by atoms with Gasteiger partial charge in [0.2, 0.25) is 5.91 Å². The molecule has 1 fully saturated rings. The minimum absolute atomic E-state index is 0.0632. The molecule has 1 aliphatic heterocycles. The van der Waals surface area contributed by atoms with Gasteiger partial charge in [0.15, 0.2) is 0 Å². The number of hydrogen-bond donors (Lipinski definition) is 0. The summed E-state index contributed by atoms with van der Waals surface area (Å²) in [5.41, 5.74) is 2.30. The van der Waals surface area contributed by atoms with Crippen molar-refractivity contribution in [2.45, 2.75) is 64.3 Å². The van der Waals surface area contributed by atoms with Crippen molar-refractivity contribution in [3.63, 3.8) is 0 Å². The highest BCUT2D eigenvalue weighted by atomic mass is 16.5. The fourth-order valence-corrected chi connectivity index (χ4v) is 4.64. The Morgan fingerprint density at radius 1 is 0.941 bits per heavy atom. The Hall–Kier alpha value is -2.69. The number of piperidine rings is 1. The van der Waals surface area contributed by atoms with E-state index in [1.54, 1.807) is 0 Å². The molecule has 4 heteroatoms. The lowest BCUT2D eigenvalue weighted by Gasteiger charge is -2.43. The number of ether oxygens (including phenoxy) is 2. The summed E-state index contributed by atoms with van der Waals surface area (Å²) in [5.74, 6) is 0.0966. The van der Waals surface area contributed by atoms with Crippen LogP contribution in [0.4, 0.5) is 0 Å². The second kappa shape index (κ2) is 14.5. The fourth-order valence-electron chi connectivity index (χ4n) is 4.64. The van der Waals surface area contributed by atoms with Gasteiger partial charge < -0.3 is 14.4 Å². The van der Waals surface area contributed by atoms with E-state index in [1.165, 1.54) is 0 Å². The standard InChI is InChI=1S/C30H39NO3/c1-3-5-18-27(13-4-2)30(32)31-28(23-33-21-25-14-8-6-9-15-25)19-12-20-29(31)24-34-22-26-16-10-7-11-17-26/h3-11,14-17,27-29H,2,12-13,18-24H2,1H3/b5-3+/t27-,28-,29-/m1/s1. The quantitative estimate of drug-likeness (QED) is 0.327. The first-order valence-electron chi connectivity index (χ1n) is 12.5. The second-order valence-corrected chi connectivity index (χ2v) is 9.01. The summed E-state index contributed by atoms with van der Waals surface area (Å²) in [5, 5.41) is 0. The molecule has 1 aliphatic rings. The van der Waals surface area contributed by atoms with Crippen LogP contribution in [0.2, 0.25) is 0 Å². The fraction of sp³-hybridized carbons (Fsp3) is 0.433. The van der Waals surface area contributed by atoms with Gasteiger partial charge in [0.1, 0.15) is 0 Å². The molecule has 1 saturated heterocycles. The Morgan fingerprint density at radius 3 is 1.94 bits per heavy atom. The maximum absolute atomic E-state index is 13.8. The van der Waals surface area contributed by atoms with E-state index in [0.717, 1.165) is 36.8 Å². The molecule has 0 spiro atoms. The molecule has 3 atom stereocenters. The Labute approximate surface area is 205 Å². The van der Waals surface area contributed by atoms with Gasteiger partial charge in [-0.15, -0.1) is 6.58 Å². The van der Waals surface area contributed by atoms with Gasteiger partial charge in [-0.2, -0.15) is 0 Å². The summed E-state index contributed by atoms with van der Waals surface area (Å²) in [6, 6.07) is 20.5. The minimum Gasteiger partial charge on any atom is -0.375 e. The van der Waals surface area contributed by atoms with Crippen molar-refractivity contribution in [3.05, 3.63) is 96.6 Å². The molecule has 0 unspecified atom stereocenters. The van der Waals surface area contributed by atoms with Crippen LogP contribution in [0, 0.1) is 5.92 Å². The van der Waals surface area contributed by atoms with Crippen molar-refractivity contribution in [1.82, 2.24) is 4.90 Å². The minimum atomic E-state index is -0.0972. The highest BCUT2D eigenvalue weighted by Gasteiger charge is 2.37.